The van der Waals surface area contributed by atoms with Gasteiger partial charge in [-0.3, -0.25) is 19.5 Å². The van der Waals surface area contributed by atoms with E-state index < -0.39 is 0 Å². The smallest absolute Gasteiger partial charge is 0.254 e. The molecule has 38 heavy (non-hydrogen) atoms. The molecule has 0 atom stereocenters. The van der Waals surface area contributed by atoms with Crippen LogP contribution < -0.4 is 14.8 Å². The molecular weight excluding hydrogens is 480 g/mol. The molecule has 4 rings (SSSR count). The lowest BCUT2D eigenvalue weighted by atomic mass is 10.1. The van der Waals surface area contributed by atoms with Crippen molar-refractivity contribution >= 4 is 17.8 Å². The average molecular weight is 511 g/mol. The summed E-state index contributed by atoms with van der Waals surface area (Å²) in [4.78, 5) is 32.4. The number of benzene rings is 3. The summed E-state index contributed by atoms with van der Waals surface area (Å²) in [6, 6.07) is 22.2. The number of anilines is 1. The summed E-state index contributed by atoms with van der Waals surface area (Å²) < 4.78 is 12.3. The molecule has 0 bridgehead atoms. The van der Waals surface area contributed by atoms with E-state index in [4.69, 9.17) is 14.5 Å². The first kappa shape index (κ1) is 26.2. The lowest BCUT2D eigenvalue weighted by Gasteiger charge is -2.21. The fourth-order valence-electron chi connectivity index (χ4n) is 3.90. The molecule has 0 spiro atoms. The van der Waals surface area contributed by atoms with Crippen LogP contribution >= 0.6 is 0 Å². The highest BCUT2D eigenvalue weighted by molar-refractivity contribution is 5.99. The van der Waals surface area contributed by atoms with Crippen LogP contribution in [-0.4, -0.2) is 53.6 Å². The first-order valence-electron chi connectivity index (χ1n) is 12.1. The van der Waals surface area contributed by atoms with E-state index in [1.807, 2.05) is 73.8 Å². The minimum absolute atomic E-state index is 0.161. The predicted octanol–water partition coefficient (Wildman–Crippen LogP) is 5.13. The number of carbonyl (C=O) groups excluding carboxylic acids is 2. The lowest BCUT2D eigenvalue weighted by Crippen LogP contribution is -2.38. The van der Waals surface area contributed by atoms with Gasteiger partial charge in [-0.05, 0) is 67.6 Å². The molecular formula is C30H30N4O4. The standard InChI is InChI=1S/C30H30N4O4/c1-5-18-33(29(36)23-8-6-21(2)7-9-23)20-28(35)32-30-31-27(22-10-14-25(37-3)15-11-22)19-34(30)24-12-16-26(38-4)17-13-24/h5-17,19H,1,18,20H2,2-4H3,(H,31,32,35). The van der Waals surface area contributed by atoms with Crippen LogP contribution in [0.5, 0.6) is 11.5 Å². The van der Waals surface area contributed by atoms with Gasteiger partial charge in [-0.15, -0.1) is 6.58 Å². The molecule has 4 aromatic rings. The molecule has 0 fully saturated rings. The van der Waals surface area contributed by atoms with E-state index in [1.54, 1.807) is 37.0 Å². The molecule has 1 N–H and O–H groups in total. The van der Waals surface area contributed by atoms with E-state index in [2.05, 4.69) is 11.9 Å². The highest BCUT2D eigenvalue weighted by atomic mass is 16.5. The van der Waals surface area contributed by atoms with Crippen LogP contribution in [0.25, 0.3) is 16.9 Å². The van der Waals surface area contributed by atoms with E-state index >= 15 is 0 Å². The first-order chi connectivity index (χ1) is 18.4. The maximum atomic E-state index is 13.2. The second kappa shape index (κ2) is 11.9. The summed E-state index contributed by atoms with van der Waals surface area (Å²) in [7, 11) is 3.22. The van der Waals surface area contributed by atoms with Gasteiger partial charge in [0.05, 0.1) is 19.9 Å². The third kappa shape index (κ3) is 6.10. The van der Waals surface area contributed by atoms with Gasteiger partial charge in [0.1, 0.15) is 18.0 Å². The summed E-state index contributed by atoms with van der Waals surface area (Å²) in [6.45, 7) is 5.76. The number of methoxy groups -OCH3 is 2. The molecule has 2 amide bonds. The molecule has 0 saturated carbocycles. The number of rotatable bonds is 10. The third-order valence-corrected chi connectivity index (χ3v) is 5.96. The van der Waals surface area contributed by atoms with Crippen LogP contribution in [0.1, 0.15) is 15.9 Å². The van der Waals surface area contributed by atoms with Crippen LogP contribution in [0.4, 0.5) is 5.95 Å². The maximum absolute atomic E-state index is 13.2. The molecule has 1 aromatic heterocycles. The number of nitrogens with zero attached hydrogens (tertiary/aromatic N) is 3. The van der Waals surface area contributed by atoms with Crippen LogP contribution in [-0.2, 0) is 4.79 Å². The first-order valence-corrected chi connectivity index (χ1v) is 12.1. The minimum atomic E-state index is -0.381. The molecule has 0 saturated heterocycles. The summed E-state index contributed by atoms with van der Waals surface area (Å²) in [5.41, 5.74) is 3.86. The number of ether oxygens (including phenoxy) is 2. The molecule has 194 valence electrons. The van der Waals surface area contributed by atoms with Gasteiger partial charge in [-0.1, -0.05) is 23.8 Å². The van der Waals surface area contributed by atoms with E-state index in [1.165, 1.54) is 4.90 Å². The Hall–Kier alpha value is -4.85. The summed E-state index contributed by atoms with van der Waals surface area (Å²) in [6.07, 6.45) is 3.44. The highest BCUT2D eigenvalue weighted by Crippen LogP contribution is 2.27. The number of carbonyl (C=O) groups is 2. The molecule has 8 heteroatoms. The topological polar surface area (TPSA) is 85.7 Å². The van der Waals surface area contributed by atoms with Gasteiger partial charge in [-0.25, -0.2) is 4.98 Å². The Morgan fingerprint density at radius 1 is 0.947 bits per heavy atom. The Bertz CT molecular complexity index is 1410. The maximum Gasteiger partial charge on any atom is 0.254 e. The van der Waals surface area contributed by atoms with Crippen molar-refractivity contribution in [1.82, 2.24) is 14.5 Å². The Labute approximate surface area is 222 Å². The number of hydrogen-bond donors (Lipinski definition) is 1. The fraction of sp³-hybridized carbons (Fsp3) is 0.167. The van der Waals surface area contributed by atoms with Crippen molar-refractivity contribution in [3.8, 4) is 28.4 Å². The number of hydrogen-bond acceptors (Lipinski definition) is 5. The Balaban J connectivity index is 1.61. The molecule has 1 heterocycles. The summed E-state index contributed by atoms with van der Waals surface area (Å²) in [5.74, 6) is 1.14. The molecule has 0 aliphatic heterocycles. The lowest BCUT2D eigenvalue weighted by molar-refractivity contribution is -0.116. The van der Waals surface area contributed by atoms with Crippen molar-refractivity contribution in [3.63, 3.8) is 0 Å². The largest absolute Gasteiger partial charge is 0.497 e. The van der Waals surface area contributed by atoms with Gasteiger partial charge in [-0.2, -0.15) is 0 Å². The molecule has 0 aliphatic rings. The zero-order valence-electron chi connectivity index (χ0n) is 21.7. The number of nitrogens with one attached hydrogen (secondary N) is 1. The van der Waals surface area contributed by atoms with Gasteiger partial charge in [0, 0.05) is 29.6 Å². The van der Waals surface area contributed by atoms with E-state index in [9.17, 15) is 9.59 Å². The monoisotopic (exact) mass is 510 g/mol. The van der Waals surface area contributed by atoms with Crippen molar-refractivity contribution in [2.75, 3.05) is 32.6 Å². The zero-order chi connectivity index (χ0) is 27.1. The van der Waals surface area contributed by atoms with Crippen LogP contribution in [0.2, 0.25) is 0 Å². The average Bonchev–Trinajstić information content (AvgIpc) is 3.36. The van der Waals surface area contributed by atoms with Crippen molar-refractivity contribution in [2.24, 2.45) is 0 Å². The quantitative estimate of drug-likeness (QED) is 0.299. The summed E-state index contributed by atoms with van der Waals surface area (Å²) in [5, 5.41) is 2.88. The van der Waals surface area contributed by atoms with Crippen molar-refractivity contribution in [2.45, 2.75) is 6.92 Å². The fourth-order valence-corrected chi connectivity index (χ4v) is 3.90. The Morgan fingerprint density at radius 3 is 2.13 bits per heavy atom. The Morgan fingerprint density at radius 2 is 1.55 bits per heavy atom. The van der Waals surface area contributed by atoms with Gasteiger partial charge >= 0.3 is 0 Å². The van der Waals surface area contributed by atoms with Crippen molar-refractivity contribution in [1.29, 1.82) is 0 Å². The van der Waals surface area contributed by atoms with Crippen LogP contribution in [0, 0.1) is 6.92 Å². The van der Waals surface area contributed by atoms with E-state index in [0.717, 1.165) is 22.6 Å². The van der Waals surface area contributed by atoms with Crippen LogP contribution in [0.15, 0.2) is 91.6 Å². The number of imidazole rings is 1. The molecule has 3 aromatic carbocycles. The normalized spacial score (nSPS) is 10.5. The second-order valence-electron chi connectivity index (χ2n) is 8.63. The Kier molecular flexibility index (Phi) is 8.23. The van der Waals surface area contributed by atoms with E-state index in [0.29, 0.717) is 23.0 Å². The van der Waals surface area contributed by atoms with Gasteiger partial charge in [0.25, 0.3) is 5.91 Å². The SMILES string of the molecule is C=CCN(CC(=O)Nc1nc(-c2ccc(OC)cc2)cn1-c1ccc(OC)cc1)C(=O)c1ccc(C)cc1. The van der Waals surface area contributed by atoms with Gasteiger partial charge < -0.3 is 14.4 Å². The van der Waals surface area contributed by atoms with Gasteiger partial charge in [0.15, 0.2) is 0 Å². The summed E-state index contributed by atoms with van der Waals surface area (Å²) >= 11 is 0. The van der Waals surface area contributed by atoms with Crippen LogP contribution in [0.3, 0.4) is 0 Å². The number of aromatic nitrogens is 2. The van der Waals surface area contributed by atoms with Crippen molar-refractivity contribution in [3.05, 3.63) is 103 Å². The number of aryl methyl sites for hydroxylation is 1. The molecule has 0 aliphatic carbocycles. The second-order valence-corrected chi connectivity index (χ2v) is 8.63. The molecule has 0 radical (unpaired) electrons. The zero-order valence-corrected chi connectivity index (χ0v) is 21.7. The third-order valence-electron chi connectivity index (χ3n) is 5.96. The molecule has 8 nitrogen and oxygen atoms in total. The van der Waals surface area contributed by atoms with Crippen molar-refractivity contribution < 1.29 is 19.1 Å². The molecule has 0 unspecified atom stereocenters. The van der Waals surface area contributed by atoms with E-state index in [-0.39, 0.29) is 24.9 Å². The minimum Gasteiger partial charge on any atom is -0.497 e. The number of amides is 2. The highest BCUT2D eigenvalue weighted by Gasteiger charge is 2.20. The van der Waals surface area contributed by atoms with Gasteiger partial charge in [0.2, 0.25) is 11.9 Å². The predicted molar refractivity (Wildman–Crippen MR) is 148 cm³/mol.